The van der Waals surface area contributed by atoms with Gasteiger partial charge in [0.25, 0.3) is 0 Å². The van der Waals surface area contributed by atoms with Crippen molar-refractivity contribution in [2.75, 3.05) is 6.61 Å². The lowest BCUT2D eigenvalue weighted by Gasteiger charge is -2.07. The van der Waals surface area contributed by atoms with Crippen LogP contribution < -0.4 is 9.47 Å². The average Bonchev–Trinajstić information content (AvgIpc) is 2.84. The molecule has 0 saturated heterocycles. The molecule has 0 aromatic heterocycles. The van der Waals surface area contributed by atoms with Crippen LogP contribution in [0.4, 0.5) is 0 Å². The van der Waals surface area contributed by atoms with Crippen LogP contribution in [0.1, 0.15) is 35.3 Å². The molecule has 0 aliphatic carbocycles. The predicted octanol–water partition coefficient (Wildman–Crippen LogP) is 4.96. The van der Waals surface area contributed by atoms with Gasteiger partial charge in [-0.3, -0.25) is 4.79 Å². The van der Waals surface area contributed by atoms with Gasteiger partial charge in [-0.1, -0.05) is 35.9 Å². The van der Waals surface area contributed by atoms with Crippen LogP contribution in [0.3, 0.4) is 0 Å². The van der Waals surface area contributed by atoms with Gasteiger partial charge in [0.05, 0.1) is 5.56 Å². The van der Waals surface area contributed by atoms with Crippen LogP contribution in [0, 0.1) is 6.92 Å². The monoisotopic (exact) mass is 320 g/mol. The topological polar surface area (TPSA) is 35.5 Å². The summed E-state index contributed by atoms with van der Waals surface area (Å²) in [7, 11) is 0. The lowest BCUT2D eigenvalue weighted by molar-refractivity contribution is 0.101. The van der Waals surface area contributed by atoms with Gasteiger partial charge in [-0.15, -0.1) is 0 Å². The van der Waals surface area contributed by atoms with E-state index in [1.165, 1.54) is 5.57 Å². The number of carbonyl (C=O) groups excluding carboxylic acids is 1. The third-order valence-corrected chi connectivity index (χ3v) is 3.78. The molecular weight excluding hydrogens is 300 g/mol. The van der Waals surface area contributed by atoms with E-state index in [1.54, 1.807) is 12.1 Å². The fourth-order valence-electron chi connectivity index (χ4n) is 2.57. The molecule has 0 fully saturated rings. The quantitative estimate of drug-likeness (QED) is 0.590. The summed E-state index contributed by atoms with van der Waals surface area (Å²) in [6.07, 6.45) is 3.78. The number of Topliss-reactive ketones (excluding diaryl/α,β-unsaturated/α-hetero) is 1. The fourth-order valence-corrected chi connectivity index (χ4v) is 2.57. The molecule has 0 atom stereocenters. The van der Waals surface area contributed by atoms with Gasteiger partial charge in [0.1, 0.15) is 18.1 Å². The average molecular weight is 320 g/mol. The van der Waals surface area contributed by atoms with Gasteiger partial charge in [0.15, 0.2) is 5.76 Å². The molecule has 0 unspecified atom stereocenters. The van der Waals surface area contributed by atoms with E-state index < -0.39 is 0 Å². The molecule has 0 amide bonds. The maximum atomic E-state index is 12.6. The van der Waals surface area contributed by atoms with E-state index in [2.05, 4.69) is 0 Å². The zero-order valence-corrected chi connectivity index (χ0v) is 14.1. The second-order valence-electron chi connectivity index (χ2n) is 6.06. The van der Waals surface area contributed by atoms with E-state index in [4.69, 9.17) is 9.47 Å². The first-order chi connectivity index (χ1) is 11.5. The second-order valence-corrected chi connectivity index (χ2v) is 6.06. The smallest absolute Gasteiger partial charge is 0.232 e. The summed E-state index contributed by atoms with van der Waals surface area (Å²) in [6, 6.07) is 13.3. The van der Waals surface area contributed by atoms with E-state index in [0.29, 0.717) is 29.4 Å². The van der Waals surface area contributed by atoms with Crippen molar-refractivity contribution < 1.29 is 14.3 Å². The summed E-state index contributed by atoms with van der Waals surface area (Å²) in [5, 5.41) is 0. The summed E-state index contributed by atoms with van der Waals surface area (Å²) >= 11 is 0. The molecule has 0 N–H and O–H groups in total. The molecule has 0 spiro atoms. The standard InChI is InChI=1S/C21H20O3/c1-14(2)9-10-23-17-11-15(3)20-18(13-17)24-19(21(20)22)12-16-7-5-4-6-8-16/h4-9,11-13H,10H2,1-3H3/b19-12-. The van der Waals surface area contributed by atoms with Crippen LogP contribution in [0.2, 0.25) is 0 Å². The molecule has 0 bridgehead atoms. The molecular formula is C21H20O3. The van der Waals surface area contributed by atoms with E-state index >= 15 is 0 Å². The van der Waals surface area contributed by atoms with E-state index in [0.717, 1.165) is 11.1 Å². The minimum Gasteiger partial charge on any atom is -0.489 e. The van der Waals surface area contributed by atoms with Gasteiger partial charge in [0.2, 0.25) is 5.78 Å². The van der Waals surface area contributed by atoms with Crippen molar-refractivity contribution in [3.63, 3.8) is 0 Å². The van der Waals surface area contributed by atoms with Crippen LogP contribution in [0.25, 0.3) is 6.08 Å². The Morgan fingerprint density at radius 1 is 1.17 bits per heavy atom. The highest BCUT2D eigenvalue weighted by Crippen LogP contribution is 2.37. The Bertz CT molecular complexity index is 826. The number of fused-ring (bicyclic) bond motifs is 1. The first kappa shape index (κ1) is 16.1. The molecule has 2 aromatic carbocycles. The van der Waals surface area contributed by atoms with E-state index in [1.807, 2.05) is 63.2 Å². The second kappa shape index (κ2) is 6.75. The Kier molecular flexibility index (Phi) is 4.52. The first-order valence-corrected chi connectivity index (χ1v) is 7.94. The Labute approximate surface area is 142 Å². The number of allylic oxidation sites excluding steroid dienone is 2. The highest BCUT2D eigenvalue weighted by Gasteiger charge is 2.29. The molecule has 0 radical (unpaired) electrons. The Morgan fingerprint density at radius 3 is 2.62 bits per heavy atom. The molecule has 122 valence electrons. The summed E-state index contributed by atoms with van der Waals surface area (Å²) in [5.41, 5.74) is 3.62. The molecule has 1 aliphatic heterocycles. The number of aryl methyl sites for hydroxylation is 1. The molecule has 1 aliphatic rings. The van der Waals surface area contributed by atoms with Crippen LogP contribution >= 0.6 is 0 Å². The number of ketones is 1. The maximum Gasteiger partial charge on any atom is 0.232 e. The lowest BCUT2D eigenvalue weighted by Crippen LogP contribution is -2.00. The van der Waals surface area contributed by atoms with Crippen molar-refractivity contribution in [1.29, 1.82) is 0 Å². The Morgan fingerprint density at radius 2 is 1.92 bits per heavy atom. The maximum absolute atomic E-state index is 12.6. The number of hydrogen-bond donors (Lipinski definition) is 0. The van der Waals surface area contributed by atoms with Crippen LogP contribution in [0.5, 0.6) is 11.5 Å². The van der Waals surface area contributed by atoms with E-state index in [9.17, 15) is 4.79 Å². The van der Waals surface area contributed by atoms with Gasteiger partial charge in [-0.25, -0.2) is 0 Å². The number of ether oxygens (including phenoxy) is 2. The summed E-state index contributed by atoms with van der Waals surface area (Å²) in [5.74, 6) is 1.54. The minimum absolute atomic E-state index is 0.0813. The molecule has 1 heterocycles. The lowest BCUT2D eigenvalue weighted by atomic mass is 10.0. The van der Waals surface area contributed by atoms with Gasteiger partial charge in [-0.05, 0) is 50.1 Å². The van der Waals surface area contributed by atoms with Crippen LogP contribution in [0.15, 0.2) is 59.9 Å². The minimum atomic E-state index is -0.0813. The van der Waals surface area contributed by atoms with Crippen molar-refractivity contribution in [2.45, 2.75) is 20.8 Å². The van der Waals surface area contributed by atoms with Crippen LogP contribution in [-0.4, -0.2) is 12.4 Å². The molecule has 3 rings (SSSR count). The SMILES string of the molecule is CC(C)=CCOc1cc(C)c2c(c1)O/C(=C\c1ccccc1)C2=O. The van der Waals surface area contributed by atoms with Crippen molar-refractivity contribution in [2.24, 2.45) is 0 Å². The number of hydrogen-bond acceptors (Lipinski definition) is 3. The zero-order valence-electron chi connectivity index (χ0n) is 14.1. The van der Waals surface area contributed by atoms with Gasteiger partial charge >= 0.3 is 0 Å². The number of carbonyl (C=O) groups is 1. The fraction of sp³-hybridized carbons (Fsp3) is 0.190. The van der Waals surface area contributed by atoms with Crippen LogP contribution in [-0.2, 0) is 0 Å². The van der Waals surface area contributed by atoms with Crippen molar-refractivity contribution in [3.05, 3.63) is 76.6 Å². The highest BCUT2D eigenvalue weighted by molar-refractivity contribution is 6.15. The molecule has 3 nitrogen and oxygen atoms in total. The molecule has 0 saturated carbocycles. The van der Waals surface area contributed by atoms with Crippen molar-refractivity contribution >= 4 is 11.9 Å². The first-order valence-electron chi connectivity index (χ1n) is 7.94. The molecule has 3 heteroatoms. The van der Waals surface area contributed by atoms with Gasteiger partial charge in [-0.2, -0.15) is 0 Å². The number of rotatable bonds is 4. The van der Waals surface area contributed by atoms with Crippen molar-refractivity contribution in [1.82, 2.24) is 0 Å². The summed E-state index contributed by atoms with van der Waals surface area (Å²) in [6.45, 7) is 6.46. The largest absolute Gasteiger partial charge is 0.489 e. The summed E-state index contributed by atoms with van der Waals surface area (Å²) in [4.78, 5) is 12.6. The zero-order chi connectivity index (χ0) is 17.1. The number of benzene rings is 2. The Hall–Kier alpha value is -2.81. The van der Waals surface area contributed by atoms with Crippen molar-refractivity contribution in [3.8, 4) is 11.5 Å². The predicted molar refractivity (Wildman–Crippen MR) is 95.5 cm³/mol. The van der Waals surface area contributed by atoms with Gasteiger partial charge in [0, 0.05) is 6.07 Å². The third-order valence-electron chi connectivity index (χ3n) is 3.78. The normalized spacial score (nSPS) is 14.3. The Balaban J connectivity index is 1.87. The van der Waals surface area contributed by atoms with Gasteiger partial charge < -0.3 is 9.47 Å². The van der Waals surface area contributed by atoms with E-state index in [-0.39, 0.29) is 5.78 Å². The molecule has 24 heavy (non-hydrogen) atoms. The third kappa shape index (κ3) is 3.40. The summed E-state index contributed by atoms with van der Waals surface area (Å²) < 4.78 is 11.5. The highest BCUT2D eigenvalue weighted by atomic mass is 16.5. The molecule has 2 aromatic rings.